The molecule has 1 atom stereocenters. The maximum Gasteiger partial charge on any atom is 0.161 e. The summed E-state index contributed by atoms with van der Waals surface area (Å²) in [5.41, 5.74) is 5.77. The number of hydrogen-bond donors (Lipinski definition) is 2. The molecule has 0 radical (unpaired) electrons. The third-order valence-corrected chi connectivity index (χ3v) is 3.00. The summed E-state index contributed by atoms with van der Waals surface area (Å²) in [6, 6.07) is 7.88. The summed E-state index contributed by atoms with van der Waals surface area (Å²) in [6.45, 7) is 0.694. The SMILES string of the molecule is COc1ccccc1OCCCC[C@@H](N)CS. The number of thiol groups is 1. The van der Waals surface area contributed by atoms with Gasteiger partial charge in [0.15, 0.2) is 11.5 Å². The minimum Gasteiger partial charge on any atom is -0.493 e. The quantitative estimate of drug-likeness (QED) is 0.554. The van der Waals surface area contributed by atoms with E-state index in [0.717, 1.165) is 36.5 Å². The average molecular weight is 255 g/mol. The van der Waals surface area contributed by atoms with Crippen molar-refractivity contribution in [3.8, 4) is 11.5 Å². The second kappa shape index (κ2) is 8.25. The zero-order chi connectivity index (χ0) is 12.5. The Bertz CT molecular complexity index is 320. The molecular formula is C13H21NO2S. The van der Waals surface area contributed by atoms with Crippen molar-refractivity contribution in [1.29, 1.82) is 0 Å². The van der Waals surface area contributed by atoms with E-state index in [2.05, 4.69) is 12.6 Å². The van der Waals surface area contributed by atoms with Gasteiger partial charge in [0.25, 0.3) is 0 Å². The third-order valence-electron chi connectivity index (χ3n) is 2.53. The van der Waals surface area contributed by atoms with Crippen LogP contribution in [0, 0.1) is 0 Å². The van der Waals surface area contributed by atoms with Gasteiger partial charge in [-0.1, -0.05) is 12.1 Å². The zero-order valence-electron chi connectivity index (χ0n) is 10.3. The normalized spacial score (nSPS) is 12.2. The summed E-state index contributed by atoms with van der Waals surface area (Å²) in [5.74, 6) is 2.32. The topological polar surface area (TPSA) is 44.5 Å². The lowest BCUT2D eigenvalue weighted by Crippen LogP contribution is -2.21. The number of nitrogens with two attached hydrogens (primary N) is 1. The molecule has 2 N–H and O–H groups in total. The number of unbranched alkanes of at least 4 members (excludes halogenated alkanes) is 1. The van der Waals surface area contributed by atoms with Gasteiger partial charge >= 0.3 is 0 Å². The summed E-state index contributed by atoms with van der Waals surface area (Å²) in [6.07, 6.45) is 3.06. The van der Waals surface area contributed by atoms with Crippen LogP contribution in [0.5, 0.6) is 11.5 Å². The van der Waals surface area contributed by atoms with Crippen LogP contribution in [0.4, 0.5) is 0 Å². The predicted octanol–water partition coefficient (Wildman–Crippen LogP) is 2.50. The number of para-hydroxylation sites is 2. The number of methoxy groups -OCH3 is 1. The Morgan fingerprint density at radius 3 is 2.59 bits per heavy atom. The fourth-order valence-corrected chi connectivity index (χ4v) is 1.70. The van der Waals surface area contributed by atoms with E-state index >= 15 is 0 Å². The van der Waals surface area contributed by atoms with Gasteiger partial charge in [-0.2, -0.15) is 12.6 Å². The van der Waals surface area contributed by atoms with E-state index in [1.807, 2.05) is 24.3 Å². The van der Waals surface area contributed by atoms with E-state index in [0.29, 0.717) is 6.61 Å². The Morgan fingerprint density at radius 1 is 1.24 bits per heavy atom. The maximum absolute atomic E-state index is 5.77. The summed E-state index contributed by atoms with van der Waals surface area (Å²) >= 11 is 4.15. The van der Waals surface area contributed by atoms with Crippen molar-refractivity contribution >= 4 is 12.6 Å². The van der Waals surface area contributed by atoms with Crippen molar-refractivity contribution in [3.05, 3.63) is 24.3 Å². The second-order valence-electron chi connectivity index (χ2n) is 3.94. The van der Waals surface area contributed by atoms with Crippen LogP contribution in [0.25, 0.3) is 0 Å². The first-order chi connectivity index (χ1) is 8.27. The second-order valence-corrected chi connectivity index (χ2v) is 4.30. The molecule has 0 saturated carbocycles. The molecule has 0 fully saturated rings. The Kier molecular flexibility index (Phi) is 6.89. The van der Waals surface area contributed by atoms with Crippen LogP contribution >= 0.6 is 12.6 Å². The van der Waals surface area contributed by atoms with Gasteiger partial charge in [-0.3, -0.25) is 0 Å². The van der Waals surface area contributed by atoms with Gasteiger partial charge in [0.2, 0.25) is 0 Å². The number of ether oxygens (including phenoxy) is 2. The molecule has 1 aromatic carbocycles. The highest BCUT2D eigenvalue weighted by atomic mass is 32.1. The highest BCUT2D eigenvalue weighted by Gasteiger charge is 2.02. The van der Waals surface area contributed by atoms with Gasteiger partial charge in [-0.25, -0.2) is 0 Å². The number of rotatable bonds is 8. The Morgan fingerprint density at radius 2 is 1.94 bits per heavy atom. The fraction of sp³-hybridized carbons (Fsp3) is 0.538. The lowest BCUT2D eigenvalue weighted by atomic mass is 10.1. The van der Waals surface area contributed by atoms with Gasteiger partial charge in [0, 0.05) is 11.8 Å². The van der Waals surface area contributed by atoms with Gasteiger partial charge in [-0.15, -0.1) is 0 Å². The molecule has 3 nitrogen and oxygen atoms in total. The van der Waals surface area contributed by atoms with Crippen molar-refractivity contribution < 1.29 is 9.47 Å². The van der Waals surface area contributed by atoms with Gasteiger partial charge < -0.3 is 15.2 Å². The molecule has 0 heterocycles. The molecule has 0 spiro atoms. The largest absolute Gasteiger partial charge is 0.493 e. The lowest BCUT2D eigenvalue weighted by molar-refractivity contribution is 0.284. The molecule has 0 saturated heterocycles. The van der Waals surface area contributed by atoms with Crippen molar-refractivity contribution in [3.63, 3.8) is 0 Å². The summed E-state index contributed by atoms with van der Waals surface area (Å²) in [4.78, 5) is 0. The molecule has 0 unspecified atom stereocenters. The van der Waals surface area contributed by atoms with E-state index in [4.69, 9.17) is 15.2 Å². The summed E-state index contributed by atoms with van der Waals surface area (Å²) in [5, 5.41) is 0. The van der Waals surface area contributed by atoms with Crippen LogP contribution < -0.4 is 15.2 Å². The molecule has 0 amide bonds. The highest BCUT2D eigenvalue weighted by molar-refractivity contribution is 7.80. The monoisotopic (exact) mass is 255 g/mol. The molecule has 0 bridgehead atoms. The van der Waals surface area contributed by atoms with E-state index in [9.17, 15) is 0 Å². The molecule has 1 rings (SSSR count). The summed E-state index contributed by atoms with van der Waals surface area (Å²) in [7, 11) is 1.65. The van der Waals surface area contributed by atoms with Crippen molar-refractivity contribution in [2.75, 3.05) is 19.5 Å². The highest BCUT2D eigenvalue weighted by Crippen LogP contribution is 2.25. The third kappa shape index (κ3) is 5.33. The molecule has 96 valence electrons. The molecule has 0 aromatic heterocycles. The van der Waals surface area contributed by atoms with Gasteiger partial charge in [-0.05, 0) is 31.4 Å². The van der Waals surface area contributed by atoms with Gasteiger partial charge in [0.05, 0.1) is 13.7 Å². The van der Waals surface area contributed by atoms with E-state index in [1.54, 1.807) is 7.11 Å². The maximum atomic E-state index is 5.77. The van der Waals surface area contributed by atoms with Gasteiger partial charge in [0.1, 0.15) is 0 Å². The molecule has 1 aromatic rings. The first-order valence-electron chi connectivity index (χ1n) is 5.90. The zero-order valence-corrected chi connectivity index (χ0v) is 11.2. The van der Waals surface area contributed by atoms with Crippen molar-refractivity contribution in [2.24, 2.45) is 5.73 Å². The predicted molar refractivity (Wildman–Crippen MR) is 74.2 cm³/mol. The van der Waals surface area contributed by atoms with E-state index in [1.165, 1.54) is 0 Å². The van der Waals surface area contributed by atoms with Crippen LogP contribution in [-0.4, -0.2) is 25.5 Å². The van der Waals surface area contributed by atoms with E-state index in [-0.39, 0.29) is 6.04 Å². The van der Waals surface area contributed by atoms with Crippen LogP contribution in [0.2, 0.25) is 0 Å². The van der Waals surface area contributed by atoms with Crippen LogP contribution in [0.1, 0.15) is 19.3 Å². The molecule has 0 aliphatic carbocycles. The van der Waals surface area contributed by atoms with Crippen LogP contribution in [0.15, 0.2) is 24.3 Å². The molecular weight excluding hydrogens is 234 g/mol. The smallest absolute Gasteiger partial charge is 0.161 e. The Balaban J connectivity index is 2.22. The standard InChI is InChI=1S/C13H21NO2S/c1-15-12-7-2-3-8-13(12)16-9-5-4-6-11(14)10-17/h2-3,7-8,11,17H,4-6,9-10,14H2,1H3/t11-/m1/s1. The first kappa shape index (κ1) is 14.2. The molecule has 17 heavy (non-hydrogen) atoms. The number of hydrogen-bond acceptors (Lipinski definition) is 4. The minimum atomic E-state index is 0.199. The van der Waals surface area contributed by atoms with Crippen molar-refractivity contribution in [1.82, 2.24) is 0 Å². The average Bonchev–Trinajstić information content (AvgIpc) is 2.38. The van der Waals surface area contributed by atoms with E-state index < -0.39 is 0 Å². The number of benzene rings is 1. The van der Waals surface area contributed by atoms with Crippen LogP contribution in [0.3, 0.4) is 0 Å². The minimum absolute atomic E-state index is 0.199. The van der Waals surface area contributed by atoms with Crippen LogP contribution in [-0.2, 0) is 0 Å². The Labute approximate surface area is 109 Å². The summed E-state index contributed by atoms with van der Waals surface area (Å²) < 4.78 is 10.9. The Hall–Kier alpha value is -0.870. The lowest BCUT2D eigenvalue weighted by Gasteiger charge is -2.11. The molecule has 0 aliphatic rings. The molecule has 4 heteroatoms. The fourth-order valence-electron chi connectivity index (χ4n) is 1.52. The van der Waals surface area contributed by atoms with Crippen molar-refractivity contribution in [2.45, 2.75) is 25.3 Å². The first-order valence-corrected chi connectivity index (χ1v) is 6.53. The molecule has 0 aliphatic heterocycles.